The smallest absolute Gasteiger partial charge is 0.246 e. The molecule has 2 heterocycles. The Morgan fingerprint density at radius 1 is 1.44 bits per heavy atom. The Kier molecular flexibility index (Phi) is 4.80. The number of hydrogen-bond donors (Lipinski definition) is 2. The van der Waals surface area contributed by atoms with Gasteiger partial charge in [-0.25, -0.2) is 0 Å². The lowest BCUT2D eigenvalue weighted by Crippen LogP contribution is -2.57. The van der Waals surface area contributed by atoms with E-state index in [0.29, 0.717) is 17.5 Å². The van der Waals surface area contributed by atoms with Gasteiger partial charge in [-0.2, -0.15) is 4.98 Å². The molecule has 1 fully saturated rings. The molecule has 25 heavy (non-hydrogen) atoms. The van der Waals surface area contributed by atoms with E-state index in [1.54, 1.807) is 0 Å². The van der Waals surface area contributed by atoms with E-state index in [1.165, 1.54) is 11.8 Å². The van der Waals surface area contributed by atoms with E-state index in [9.17, 15) is 9.59 Å². The number of nitrogens with one attached hydrogen (secondary N) is 2. The number of carbonyl (C=O) groups excluding carboxylic acids is 2. The van der Waals surface area contributed by atoms with Gasteiger partial charge >= 0.3 is 0 Å². The van der Waals surface area contributed by atoms with Gasteiger partial charge in [0.1, 0.15) is 6.04 Å². The van der Waals surface area contributed by atoms with Crippen molar-refractivity contribution in [1.29, 1.82) is 0 Å². The Bertz CT molecular complexity index is 803. The predicted molar refractivity (Wildman–Crippen MR) is 94.8 cm³/mol. The highest BCUT2D eigenvalue weighted by Gasteiger charge is 2.37. The van der Waals surface area contributed by atoms with Crippen LogP contribution in [0.15, 0.2) is 28.8 Å². The maximum atomic E-state index is 12.2. The Morgan fingerprint density at radius 2 is 2.20 bits per heavy atom. The third-order valence-corrected chi connectivity index (χ3v) is 5.45. The lowest BCUT2D eigenvalue weighted by molar-refractivity contribution is -0.129. The van der Waals surface area contributed by atoms with Crippen LogP contribution in [0, 0.1) is 6.92 Å². The molecular formula is C17H20N4O3S. The highest BCUT2D eigenvalue weighted by molar-refractivity contribution is 8.01. The fourth-order valence-electron chi connectivity index (χ4n) is 2.42. The summed E-state index contributed by atoms with van der Waals surface area (Å²) in [7, 11) is 0. The first-order chi connectivity index (χ1) is 11.9. The monoisotopic (exact) mass is 360 g/mol. The molecule has 1 aromatic carbocycles. The molecule has 7 nitrogen and oxygen atoms in total. The number of amides is 2. The van der Waals surface area contributed by atoms with Crippen LogP contribution in [0.4, 0.5) is 0 Å². The van der Waals surface area contributed by atoms with E-state index in [4.69, 9.17) is 4.52 Å². The molecule has 0 radical (unpaired) electrons. The largest absolute Gasteiger partial charge is 0.345 e. The summed E-state index contributed by atoms with van der Waals surface area (Å²) in [4.78, 5) is 28.5. The molecule has 2 amide bonds. The summed E-state index contributed by atoms with van der Waals surface area (Å²) in [6, 6.07) is 7.18. The first-order valence-electron chi connectivity index (χ1n) is 7.98. The zero-order valence-corrected chi connectivity index (χ0v) is 15.1. The fraction of sp³-hybridized carbons (Fsp3) is 0.412. The van der Waals surface area contributed by atoms with Crippen molar-refractivity contribution in [3.8, 4) is 11.4 Å². The quantitative estimate of drug-likeness (QED) is 0.861. The summed E-state index contributed by atoms with van der Waals surface area (Å²) in [5, 5.41) is 9.43. The van der Waals surface area contributed by atoms with Crippen LogP contribution in [0.5, 0.6) is 0 Å². The van der Waals surface area contributed by atoms with Crippen LogP contribution in [0.1, 0.15) is 25.3 Å². The van der Waals surface area contributed by atoms with Gasteiger partial charge in [-0.3, -0.25) is 9.59 Å². The van der Waals surface area contributed by atoms with Crippen molar-refractivity contribution in [3.63, 3.8) is 0 Å². The summed E-state index contributed by atoms with van der Waals surface area (Å²) in [5.41, 5.74) is 1.94. The molecule has 0 saturated carbocycles. The van der Waals surface area contributed by atoms with Crippen molar-refractivity contribution >= 4 is 23.6 Å². The van der Waals surface area contributed by atoms with Gasteiger partial charge in [0.15, 0.2) is 0 Å². The highest BCUT2D eigenvalue weighted by Crippen LogP contribution is 2.29. The predicted octanol–water partition coefficient (Wildman–Crippen LogP) is 1.67. The van der Waals surface area contributed by atoms with Gasteiger partial charge in [-0.05, 0) is 26.3 Å². The second-order valence-electron chi connectivity index (χ2n) is 6.39. The number of carbonyl (C=O) groups is 2. The summed E-state index contributed by atoms with van der Waals surface area (Å²) in [6.07, 6.45) is 0. The summed E-state index contributed by atoms with van der Waals surface area (Å²) in [6.45, 7) is 5.77. The Morgan fingerprint density at radius 3 is 2.92 bits per heavy atom. The summed E-state index contributed by atoms with van der Waals surface area (Å²) in [5.74, 6) is 0.950. The average molecular weight is 360 g/mol. The molecule has 8 heteroatoms. The van der Waals surface area contributed by atoms with Crippen LogP contribution in [0.3, 0.4) is 0 Å². The van der Waals surface area contributed by atoms with Gasteiger partial charge in [0, 0.05) is 11.3 Å². The minimum absolute atomic E-state index is 0.123. The Labute approximate surface area is 149 Å². The van der Waals surface area contributed by atoms with E-state index in [2.05, 4.69) is 20.8 Å². The van der Waals surface area contributed by atoms with Crippen LogP contribution in [0.2, 0.25) is 0 Å². The molecule has 0 spiro atoms. The summed E-state index contributed by atoms with van der Waals surface area (Å²) < 4.78 is 4.69. The number of nitrogens with zero attached hydrogens (tertiary/aromatic N) is 2. The van der Waals surface area contributed by atoms with E-state index >= 15 is 0 Å². The van der Waals surface area contributed by atoms with E-state index < -0.39 is 10.8 Å². The SMILES string of the molecule is Cc1ccccc1-c1noc(CNC(=O)C2CSC(C)(C)C(=O)N2)n1. The lowest BCUT2D eigenvalue weighted by atomic mass is 10.1. The maximum absolute atomic E-state index is 12.2. The first-order valence-corrected chi connectivity index (χ1v) is 8.96. The number of thioether (sulfide) groups is 1. The molecule has 1 atom stereocenters. The minimum atomic E-state index is -0.552. The van der Waals surface area contributed by atoms with Crippen LogP contribution in [0.25, 0.3) is 11.4 Å². The van der Waals surface area contributed by atoms with Crippen molar-refractivity contribution in [3.05, 3.63) is 35.7 Å². The lowest BCUT2D eigenvalue weighted by Gasteiger charge is -2.32. The van der Waals surface area contributed by atoms with Crippen LogP contribution in [-0.4, -0.2) is 38.5 Å². The zero-order chi connectivity index (χ0) is 18.0. The number of benzene rings is 1. The van der Waals surface area contributed by atoms with Gasteiger partial charge in [0.2, 0.25) is 23.5 Å². The second kappa shape index (κ2) is 6.87. The van der Waals surface area contributed by atoms with E-state index in [-0.39, 0.29) is 18.4 Å². The standard InChI is InChI=1S/C17H20N4O3S/c1-10-6-4-5-7-11(10)14-20-13(24-21-14)8-18-15(22)12-9-25-17(2,3)16(23)19-12/h4-7,12H,8-9H2,1-3H3,(H,18,22)(H,19,23). The van der Waals surface area contributed by atoms with Crippen molar-refractivity contribution in [2.45, 2.75) is 38.1 Å². The molecule has 3 rings (SSSR count). The molecule has 2 aromatic rings. The Hall–Kier alpha value is -2.35. The van der Waals surface area contributed by atoms with Crippen LogP contribution >= 0.6 is 11.8 Å². The molecule has 1 aromatic heterocycles. The minimum Gasteiger partial charge on any atom is -0.345 e. The third kappa shape index (κ3) is 3.84. The van der Waals surface area contributed by atoms with Crippen molar-refractivity contribution in [2.75, 3.05) is 5.75 Å². The van der Waals surface area contributed by atoms with E-state index in [0.717, 1.165) is 11.1 Å². The fourth-order valence-corrected chi connectivity index (χ4v) is 3.43. The molecular weight excluding hydrogens is 340 g/mol. The van der Waals surface area contributed by atoms with Crippen molar-refractivity contribution in [2.24, 2.45) is 0 Å². The third-order valence-electron chi connectivity index (χ3n) is 4.05. The van der Waals surface area contributed by atoms with Gasteiger partial charge in [0.05, 0.1) is 11.3 Å². The first kappa shape index (κ1) is 17.5. The van der Waals surface area contributed by atoms with Crippen molar-refractivity contribution < 1.29 is 14.1 Å². The number of aryl methyl sites for hydroxylation is 1. The number of rotatable bonds is 4. The zero-order valence-electron chi connectivity index (χ0n) is 14.3. The average Bonchev–Trinajstić information content (AvgIpc) is 3.04. The molecule has 1 aliphatic heterocycles. The number of hydrogen-bond acceptors (Lipinski definition) is 6. The molecule has 1 aliphatic rings. The van der Waals surface area contributed by atoms with Crippen molar-refractivity contribution in [1.82, 2.24) is 20.8 Å². The van der Waals surface area contributed by atoms with Crippen LogP contribution in [-0.2, 0) is 16.1 Å². The molecule has 2 N–H and O–H groups in total. The number of aromatic nitrogens is 2. The van der Waals surface area contributed by atoms with Gasteiger partial charge < -0.3 is 15.2 Å². The maximum Gasteiger partial charge on any atom is 0.246 e. The summed E-state index contributed by atoms with van der Waals surface area (Å²) >= 11 is 1.47. The normalized spacial score (nSPS) is 19.3. The van der Waals surface area contributed by atoms with Gasteiger partial charge in [0.25, 0.3) is 0 Å². The van der Waals surface area contributed by atoms with Crippen LogP contribution < -0.4 is 10.6 Å². The Balaban J connectivity index is 1.59. The van der Waals surface area contributed by atoms with Gasteiger partial charge in [-0.1, -0.05) is 29.4 Å². The molecule has 0 aliphatic carbocycles. The molecule has 1 saturated heterocycles. The van der Waals surface area contributed by atoms with E-state index in [1.807, 2.05) is 45.0 Å². The topological polar surface area (TPSA) is 97.1 Å². The molecule has 0 bridgehead atoms. The highest BCUT2D eigenvalue weighted by atomic mass is 32.2. The van der Waals surface area contributed by atoms with Gasteiger partial charge in [-0.15, -0.1) is 11.8 Å². The molecule has 132 valence electrons. The molecule has 1 unspecified atom stereocenters. The second-order valence-corrected chi connectivity index (χ2v) is 8.03.